The van der Waals surface area contributed by atoms with Gasteiger partial charge in [-0.2, -0.15) is 0 Å². The number of guanidine groups is 1. The van der Waals surface area contributed by atoms with Gasteiger partial charge in [-0.1, -0.05) is 30.3 Å². The van der Waals surface area contributed by atoms with Crippen molar-refractivity contribution in [1.29, 1.82) is 0 Å². The topological polar surface area (TPSA) is 78.0 Å². The maximum Gasteiger partial charge on any atom is 0.225 e. The van der Waals surface area contributed by atoms with E-state index in [-0.39, 0.29) is 11.8 Å². The fourth-order valence-corrected chi connectivity index (χ4v) is 4.56. The van der Waals surface area contributed by atoms with Gasteiger partial charge in [-0.25, -0.2) is 0 Å². The van der Waals surface area contributed by atoms with Crippen molar-refractivity contribution in [2.45, 2.75) is 25.7 Å². The third kappa shape index (κ3) is 5.15. The second-order valence-electron chi connectivity index (χ2n) is 8.41. The van der Waals surface area contributed by atoms with Crippen molar-refractivity contribution >= 4 is 23.2 Å². The number of methoxy groups -OCH3 is 1. The third-order valence-corrected chi connectivity index (χ3v) is 6.19. The number of benzene rings is 2. The second kappa shape index (κ2) is 10.4. The number of nitrogens with zero attached hydrogens (tertiary/aromatic N) is 2. The van der Waals surface area contributed by atoms with E-state index >= 15 is 0 Å². The fraction of sp³-hybridized carbons (Fsp3) is 0.440. The zero-order chi connectivity index (χ0) is 22.3. The summed E-state index contributed by atoms with van der Waals surface area (Å²) in [6.45, 7) is 6.29. The Hall–Kier alpha value is -3.22. The highest BCUT2D eigenvalue weighted by molar-refractivity contribution is 5.94. The van der Waals surface area contributed by atoms with Gasteiger partial charge < -0.3 is 25.6 Å². The summed E-state index contributed by atoms with van der Waals surface area (Å²) in [6.07, 6.45) is 1.59. The molecule has 2 unspecified atom stereocenters. The van der Waals surface area contributed by atoms with Crippen molar-refractivity contribution < 1.29 is 9.53 Å². The van der Waals surface area contributed by atoms with E-state index in [9.17, 15) is 4.79 Å². The Morgan fingerprint density at radius 3 is 2.84 bits per heavy atom. The van der Waals surface area contributed by atoms with Gasteiger partial charge in [0.05, 0.1) is 12.8 Å². The van der Waals surface area contributed by atoms with Gasteiger partial charge in [0.2, 0.25) is 5.91 Å². The van der Waals surface area contributed by atoms with Crippen LogP contribution in [0.4, 0.5) is 11.4 Å². The molecule has 0 radical (unpaired) electrons. The number of fused-ring (bicyclic) bond motifs is 1. The van der Waals surface area contributed by atoms with Crippen LogP contribution in [0.15, 0.2) is 53.5 Å². The first kappa shape index (κ1) is 22.0. The SMILES string of the molecule is CCNC(=NCC1CCN(c2ccccc2OC)C1)NCC1CC(=O)Nc2ccccc21. The van der Waals surface area contributed by atoms with Crippen LogP contribution in [0.1, 0.15) is 31.2 Å². The maximum absolute atomic E-state index is 12.1. The minimum absolute atomic E-state index is 0.0693. The number of amides is 1. The average molecular weight is 436 g/mol. The summed E-state index contributed by atoms with van der Waals surface area (Å²) < 4.78 is 5.53. The molecule has 2 aliphatic heterocycles. The number of aliphatic imine (C=N–C) groups is 1. The van der Waals surface area contributed by atoms with Crippen LogP contribution in [0.25, 0.3) is 0 Å². The number of carbonyl (C=O) groups excluding carboxylic acids is 1. The van der Waals surface area contributed by atoms with Crippen LogP contribution in [-0.2, 0) is 4.79 Å². The van der Waals surface area contributed by atoms with E-state index < -0.39 is 0 Å². The van der Waals surface area contributed by atoms with Crippen molar-refractivity contribution in [3.63, 3.8) is 0 Å². The van der Waals surface area contributed by atoms with Gasteiger partial charge in [-0.15, -0.1) is 0 Å². The molecular formula is C25H33N5O2. The van der Waals surface area contributed by atoms with Gasteiger partial charge in [0.15, 0.2) is 5.96 Å². The van der Waals surface area contributed by atoms with Crippen molar-refractivity contribution in [3.8, 4) is 5.75 Å². The van der Waals surface area contributed by atoms with Gasteiger partial charge >= 0.3 is 0 Å². The predicted octanol–water partition coefficient (Wildman–Crippen LogP) is 3.20. The Kier molecular flexibility index (Phi) is 7.14. The summed E-state index contributed by atoms with van der Waals surface area (Å²) in [5, 5.41) is 9.77. The molecule has 7 heteroatoms. The Morgan fingerprint density at radius 1 is 1.19 bits per heavy atom. The first-order chi connectivity index (χ1) is 15.7. The van der Waals surface area contributed by atoms with Crippen LogP contribution < -0.4 is 25.6 Å². The van der Waals surface area contributed by atoms with Crippen LogP contribution in [0.5, 0.6) is 5.75 Å². The first-order valence-electron chi connectivity index (χ1n) is 11.5. The summed E-state index contributed by atoms with van der Waals surface area (Å²) in [4.78, 5) is 19.3. The molecule has 0 aromatic heterocycles. The molecule has 1 fully saturated rings. The number of rotatable bonds is 7. The maximum atomic E-state index is 12.1. The average Bonchev–Trinajstić information content (AvgIpc) is 3.29. The molecule has 170 valence electrons. The highest BCUT2D eigenvalue weighted by atomic mass is 16.5. The van der Waals surface area contributed by atoms with Crippen molar-refractivity contribution in [1.82, 2.24) is 10.6 Å². The number of carbonyl (C=O) groups is 1. The molecule has 0 spiro atoms. The molecule has 2 aliphatic rings. The molecule has 1 saturated heterocycles. The zero-order valence-corrected chi connectivity index (χ0v) is 18.9. The fourth-order valence-electron chi connectivity index (χ4n) is 4.56. The molecule has 4 rings (SSSR count). The lowest BCUT2D eigenvalue weighted by atomic mass is 9.90. The Labute approximate surface area is 190 Å². The van der Waals surface area contributed by atoms with Gasteiger partial charge in [0.25, 0.3) is 0 Å². The molecule has 2 atom stereocenters. The molecule has 7 nitrogen and oxygen atoms in total. The highest BCUT2D eigenvalue weighted by Crippen LogP contribution is 2.32. The smallest absolute Gasteiger partial charge is 0.225 e. The van der Waals surface area contributed by atoms with Gasteiger partial charge in [-0.3, -0.25) is 9.79 Å². The van der Waals surface area contributed by atoms with E-state index in [0.717, 1.165) is 55.7 Å². The van der Waals surface area contributed by atoms with Crippen molar-refractivity contribution in [3.05, 3.63) is 54.1 Å². The Bertz CT molecular complexity index is 961. The number of nitrogens with one attached hydrogen (secondary N) is 3. The van der Waals surface area contributed by atoms with Crippen LogP contribution in [0.2, 0.25) is 0 Å². The molecule has 0 bridgehead atoms. The lowest BCUT2D eigenvalue weighted by Gasteiger charge is -2.26. The number of hydrogen-bond acceptors (Lipinski definition) is 4. The Balaban J connectivity index is 1.35. The number of anilines is 2. The van der Waals surface area contributed by atoms with E-state index in [2.05, 4.69) is 46.0 Å². The zero-order valence-electron chi connectivity index (χ0n) is 18.9. The van der Waals surface area contributed by atoms with E-state index in [0.29, 0.717) is 18.9 Å². The first-order valence-corrected chi connectivity index (χ1v) is 11.5. The summed E-state index contributed by atoms with van der Waals surface area (Å²) >= 11 is 0. The predicted molar refractivity (Wildman–Crippen MR) is 130 cm³/mol. The second-order valence-corrected chi connectivity index (χ2v) is 8.41. The minimum atomic E-state index is 0.0693. The van der Waals surface area contributed by atoms with Gasteiger partial charge in [-0.05, 0) is 43.0 Å². The summed E-state index contributed by atoms with van der Waals surface area (Å²) in [6, 6.07) is 16.2. The van der Waals surface area contributed by atoms with Gasteiger partial charge in [0.1, 0.15) is 5.75 Å². The monoisotopic (exact) mass is 435 g/mol. The summed E-state index contributed by atoms with van der Waals surface area (Å²) in [7, 11) is 1.72. The minimum Gasteiger partial charge on any atom is -0.495 e. The third-order valence-electron chi connectivity index (χ3n) is 6.19. The van der Waals surface area contributed by atoms with Crippen LogP contribution in [0, 0.1) is 5.92 Å². The van der Waals surface area contributed by atoms with E-state index in [1.807, 2.05) is 30.3 Å². The molecule has 2 aromatic carbocycles. The van der Waals surface area contributed by atoms with E-state index in [4.69, 9.17) is 9.73 Å². The number of ether oxygens (including phenoxy) is 1. The molecule has 32 heavy (non-hydrogen) atoms. The van der Waals surface area contributed by atoms with E-state index in [1.165, 1.54) is 5.56 Å². The quantitative estimate of drug-likeness (QED) is 0.460. The molecule has 1 amide bonds. The van der Waals surface area contributed by atoms with Gasteiger partial charge in [0, 0.05) is 50.7 Å². The summed E-state index contributed by atoms with van der Waals surface area (Å²) in [5.41, 5.74) is 3.25. The molecule has 0 aliphatic carbocycles. The molecular weight excluding hydrogens is 402 g/mol. The largest absolute Gasteiger partial charge is 0.495 e. The molecule has 2 heterocycles. The normalized spacial score (nSPS) is 20.5. The van der Waals surface area contributed by atoms with Crippen LogP contribution in [-0.4, -0.2) is 51.7 Å². The molecule has 2 aromatic rings. The van der Waals surface area contributed by atoms with Crippen LogP contribution >= 0.6 is 0 Å². The number of hydrogen-bond donors (Lipinski definition) is 3. The molecule has 0 saturated carbocycles. The lowest BCUT2D eigenvalue weighted by molar-refractivity contribution is -0.116. The number of para-hydroxylation sites is 3. The van der Waals surface area contributed by atoms with E-state index in [1.54, 1.807) is 7.11 Å². The van der Waals surface area contributed by atoms with Crippen molar-refractivity contribution in [2.75, 3.05) is 50.1 Å². The van der Waals surface area contributed by atoms with Crippen molar-refractivity contribution in [2.24, 2.45) is 10.9 Å². The highest BCUT2D eigenvalue weighted by Gasteiger charge is 2.26. The molecule has 3 N–H and O–H groups in total. The summed E-state index contributed by atoms with van der Waals surface area (Å²) in [5.74, 6) is 2.43. The lowest BCUT2D eigenvalue weighted by Crippen LogP contribution is -2.41. The Morgan fingerprint density at radius 2 is 2.00 bits per heavy atom. The standard InChI is InChI=1S/C25H33N5O2/c1-3-26-25(28-16-19-14-24(31)29-21-9-5-4-8-20(19)21)27-15-18-12-13-30(17-18)22-10-6-7-11-23(22)32-2/h4-11,18-19H,3,12-17H2,1-2H3,(H,29,31)(H2,26,27,28). The van der Waals surface area contributed by atoms with Crippen LogP contribution in [0.3, 0.4) is 0 Å².